The molecule has 1 aromatic rings. The number of hydrogen-bond acceptors (Lipinski definition) is 4. The highest BCUT2D eigenvalue weighted by molar-refractivity contribution is 7.89. The molecule has 0 N–H and O–H groups in total. The number of fused-ring (bicyclic) bond motifs is 1. The summed E-state index contributed by atoms with van der Waals surface area (Å²) in [7, 11) is -4.50. The molecule has 0 radical (unpaired) electrons. The summed E-state index contributed by atoms with van der Waals surface area (Å²) in [5.74, 6) is 0. The first-order chi connectivity index (χ1) is 6.92. The SMILES string of the molecule is O=NN1C(F)(F)c2ccccc2S1(=O)=O. The maximum absolute atomic E-state index is 13.4. The minimum Gasteiger partial charge on any atom is -0.199 e. The monoisotopic (exact) mass is 234 g/mol. The average molecular weight is 234 g/mol. The van der Waals surface area contributed by atoms with Crippen molar-refractivity contribution in [3.05, 3.63) is 34.7 Å². The minimum atomic E-state index is -4.50. The van der Waals surface area contributed by atoms with E-state index in [1.165, 1.54) is 12.1 Å². The van der Waals surface area contributed by atoms with E-state index < -0.39 is 30.9 Å². The third kappa shape index (κ3) is 1.08. The van der Waals surface area contributed by atoms with Gasteiger partial charge in [-0.2, -0.15) is 17.2 Å². The molecule has 80 valence electrons. The van der Waals surface area contributed by atoms with Gasteiger partial charge in [-0.05, 0) is 12.1 Å². The third-order valence-electron chi connectivity index (χ3n) is 2.03. The number of benzene rings is 1. The molecule has 0 aromatic heterocycles. The Morgan fingerprint density at radius 3 is 2.40 bits per heavy atom. The van der Waals surface area contributed by atoms with Crippen molar-refractivity contribution in [1.82, 2.24) is 4.41 Å². The fraction of sp³-hybridized carbons (Fsp3) is 0.143. The summed E-state index contributed by atoms with van der Waals surface area (Å²) in [4.78, 5) is 9.54. The number of hydrogen-bond donors (Lipinski definition) is 0. The van der Waals surface area contributed by atoms with Gasteiger partial charge >= 0.3 is 6.05 Å². The predicted octanol–water partition coefficient (Wildman–Crippen LogP) is 1.42. The molecule has 2 rings (SSSR count). The molecule has 0 fully saturated rings. The van der Waals surface area contributed by atoms with Crippen molar-refractivity contribution in [3.63, 3.8) is 0 Å². The van der Waals surface area contributed by atoms with Crippen LogP contribution in [0.3, 0.4) is 0 Å². The highest BCUT2D eigenvalue weighted by Gasteiger charge is 2.57. The first-order valence-corrected chi connectivity index (χ1v) is 5.22. The van der Waals surface area contributed by atoms with Crippen molar-refractivity contribution >= 4 is 10.0 Å². The topological polar surface area (TPSA) is 66.8 Å². The van der Waals surface area contributed by atoms with Crippen molar-refractivity contribution in [1.29, 1.82) is 0 Å². The van der Waals surface area contributed by atoms with Crippen LogP contribution in [-0.2, 0) is 16.1 Å². The van der Waals surface area contributed by atoms with E-state index in [-0.39, 0.29) is 0 Å². The molecular formula is C7H4F2N2O3S. The van der Waals surface area contributed by atoms with Gasteiger partial charge in [0.25, 0.3) is 10.0 Å². The zero-order chi connectivity index (χ0) is 11.3. The molecule has 0 bridgehead atoms. The Balaban J connectivity index is 2.83. The van der Waals surface area contributed by atoms with Crippen LogP contribution in [0.1, 0.15) is 5.56 Å². The van der Waals surface area contributed by atoms with Crippen LogP contribution in [-0.4, -0.2) is 12.8 Å². The van der Waals surface area contributed by atoms with E-state index in [1.807, 2.05) is 5.29 Å². The van der Waals surface area contributed by atoms with Crippen LogP contribution in [0.15, 0.2) is 34.4 Å². The Bertz CT molecular complexity index is 529. The summed E-state index contributed by atoms with van der Waals surface area (Å²) in [6.07, 6.45) is 0. The van der Waals surface area contributed by atoms with Gasteiger partial charge < -0.3 is 0 Å². The molecule has 0 atom stereocenters. The number of nitroso groups, excluding NO2 is 1. The van der Waals surface area contributed by atoms with E-state index in [0.717, 1.165) is 12.1 Å². The molecule has 0 saturated heterocycles. The summed E-state index contributed by atoms with van der Waals surface area (Å²) in [6, 6.07) is 0.594. The van der Waals surface area contributed by atoms with E-state index in [4.69, 9.17) is 0 Å². The number of nitrogens with zero attached hydrogens (tertiary/aromatic N) is 2. The second-order valence-electron chi connectivity index (χ2n) is 2.87. The smallest absolute Gasteiger partial charge is 0.199 e. The second-order valence-corrected chi connectivity index (χ2v) is 4.60. The number of alkyl halides is 2. The standard InChI is InChI=1S/C7H4F2N2O3S/c8-7(9)5-3-1-2-4-6(5)15(13,14)11(7)10-12/h1-4H. The third-order valence-corrected chi connectivity index (χ3v) is 3.69. The van der Waals surface area contributed by atoms with Gasteiger partial charge in [0.05, 0.1) is 10.8 Å². The Kier molecular flexibility index (Phi) is 1.81. The van der Waals surface area contributed by atoms with Gasteiger partial charge in [-0.25, -0.2) is 0 Å². The Morgan fingerprint density at radius 1 is 1.27 bits per heavy atom. The molecule has 0 unspecified atom stereocenters. The highest BCUT2D eigenvalue weighted by Crippen LogP contribution is 2.46. The van der Waals surface area contributed by atoms with Crippen molar-refractivity contribution in [2.24, 2.45) is 5.29 Å². The van der Waals surface area contributed by atoms with E-state index >= 15 is 0 Å². The summed E-state index contributed by atoms with van der Waals surface area (Å²) in [6.45, 7) is 0. The Hall–Kier alpha value is -1.57. The van der Waals surface area contributed by atoms with E-state index in [1.54, 1.807) is 0 Å². The van der Waals surface area contributed by atoms with Crippen LogP contribution in [0, 0.1) is 4.91 Å². The lowest BCUT2D eigenvalue weighted by Gasteiger charge is -2.14. The van der Waals surface area contributed by atoms with Gasteiger partial charge in [-0.3, -0.25) is 0 Å². The van der Waals surface area contributed by atoms with Crippen LogP contribution >= 0.6 is 0 Å². The molecule has 15 heavy (non-hydrogen) atoms. The fourth-order valence-corrected chi connectivity index (χ4v) is 2.78. The molecule has 1 heterocycles. The first kappa shape index (κ1) is 9.97. The van der Waals surface area contributed by atoms with E-state index in [9.17, 15) is 22.1 Å². The number of sulfonamides is 1. The summed E-state index contributed by atoms with van der Waals surface area (Å²) in [5, 5.41) is 1.85. The molecule has 1 aliphatic rings. The van der Waals surface area contributed by atoms with Gasteiger partial charge in [0, 0.05) is 0 Å². The van der Waals surface area contributed by atoms with Crippen LogP contribution in [0.4, 0.5) is 8.78 Å². The maximum Gasteiger partial charge on any atom is 0.384 e. The molecule has 1 aromatic carbocycles. The Labute approximate surface area is 83.3 Å². The summed E-state index contributed by atoms with van der Waals surface area (Å²) >= 11 is 0. The zero-order valence-electron chi connectivity index (χ0n) is 7.09. The molecule has 5 nitrogen and oxygen atoms in total. The van der Waals surface area contributed by atoms with E-state index in [0.29, 0.717) is 0 Å². The van der Waals surface area contributed by atoms with Crippen molar-refractivity contribution in [2.45, 2.75) is 10.9 Å². The molecule has 8 heteroatoms. The minimum absolute atomic E-state index is 0.588. The number of rotatable bonds is 1. The zero-order valence-corrected chi connectivity index (χ0v) is 7.91. The average Bonchev–Trinajstić information content (AvgIpc) is 2.32. The van der Waals surface area contributed by atoms with Crippen molar-refractivity contribution in [2.75, 3.05) is 0 Å². The molecule has 0 amide bonds. The van der Waals surface area contributed by atoms with Gasteiger partial charge in [0.15, 0.2) is 0 Å². The molecule has 1 aliphatic heterocycles. The van der Waals surface area contributed by atoms with Crippen molar-refractivity contribution < 1.29 is 17.2 Å². The lowest BCUT2D eigenvalue weighted by atomic mass is 10.2. The number of halogens is 2. The maximum atomic E-state index is 13.4. The van der Waals surface area contributed by atoms with Crippen LogP contribution in [0.25, 0.3) is 0 Å². The van der Waals surface area contributed by atoms with Crippen LogP contribution < -0.4 is 0 Å². The van der Waals surface area contributed by atoms with Gasteiger partial charge in [0.2, 0.25) is 0 Å². The van der Waals surface area contributed by atoms with Crippen LogP contribution in [0.2, 0.25) is 0 Å². The van der Waals surface area contributed by atoms with E-state index in [2.05, 4.69) is 0 Å². The lowest BCUT2D eigenvalue weighted by molar-refractivity contribution is -0.103. The predicted molar refractivity (Wildman–Crippen MR) is 45.2 cm³/mol. The highest BCUT2D eigenvalue weighted by atomic mass is 32.2. The molecule has 0 saturated carbocycles. The molecule has 0 aliphatic carbocycles. The van der Waals surface area contributed by atoms with Gasteiger partial charge in [0.1, 0.15) is 4.90 Å². The van der Waals surface area contributed by atoms with Gasteiger partial charge in [-0.1, -0.05) is 16.5 Å². The first-order valence-electron chi connectivity index (χ1n) is 3.78. The molecular weight excluding hydrogens is 230 g/mol. The molecule has 0 spiro atoms. The fourth-order valence-electron chi connectivity index (χ4n) is 1.38. The lowest BCUT2D eigenvalue weighted by Crippen LogP contribution is -2.31. The Morgan fingerprint density at radius 2 is 1.87 bits per heavy atom. The quantitative estimate of drug-likeness (QED) is 0.545. The summed E-state index contributed by atoms with van der Waals surface area (Å²) < 4.78 is 48.7. The van der Waals surface area contributed by atoms with Crippen molar-refractivity contribution in [3.8, 4) is 0 Å². The van der Waals surface area contributed by atoms with Crippen LogP contribution in [0.5, 0.6) is 0 Å². The normalized spacial score (nSPS) is 21.1. The largest absolute Gasteiger partial charge is 0.384 e. The van der Waals surface area contributed by atoms with Gasteiger partial charge in [-0.15, -0.1) is 4.91 Å². The second kappa shape index (κ2) is 2.72. The summed E-state index contributed by atoms with van der Waals surface area (Å²) in [5.41, 5.74) is -0.732.